The van der Waals surface area contributed by atoms with Gasteiger partial charge in [0.25, 0.3) is 5.60 Å². The molecule has 0 amide bonds. The first kappa shape index (κ1) is 53.0. The predicted molar refractivity (Wildman–Crippen MR) is 179 cm³/mol. The standard InChI is InChI=1S/C21H24F12O3.C9H16O2.C7H13F3/c1-5-12(2)13-8-14(16(3,18(22,23)24)19(25,26)27)10-15(9-13)17(20(28,29)30,21(31,32)33)36-11-35-7-6-34-4;10-4-8-6-1-2-7(3-6)9(8)5-11;1-4-6(3,5-2)7(8,9)10/h8-10,12H,5-7,11H2,1-4H3;6-11H,1-5H2;4-5H2,1-3H3. The van der Waals surface area contributed by atoms with Gasteiger partial charge in [0.15, 0.2) is 5.41 Å². The van der Waals surface area contributed by atoms with E-state index in [4.69, 9.17) is 10.2 Å². The first-order valence-electron chi connectivity index (χ1n) is 18.3. The Bertz CT molecular complexity index is 1310. The minimum Gasteiger partial charge on any atom is -0.396 e. The maximum absolute atomic E-state index is 14.1. The van der Waals surface area contributed by atoms with Crippen molar-refractivity contribution in [2.45, 2.75) is 128 Å². The van der Waals surface area contributed by atoms with Gasteiger partial charge in [0.1, 0.15) is 6.79 Å². The fraction of sp³-hybridized carbons (Fsp3) is 0.838. The Hall–Kier alpha value is -2.03. The fourth-order valence-corrected chi connectivity index (χ4v) is 6.97. The average molecular weight is 863 g/mol. The van der Waals surface area contributed by atoms with Gasteiger partial charge in [-0.25, -0.2) is 0 Å². The second-order valence-electron chi connectivity index (χ2n) is 14.9. The smallest absolute Gasteiger partial charge is 0.396 e. The highest BCUT2D eigenvalue weighted by Crippen LogP contribution is 2.57. The number of rotatable bonds is 14. The first-order valence-corrected chi connectivity index (χ1v) is 18.3. The summed E-state index contributed by atoms with van der Waals surface area (Å²) in [6.45, 7) is 4.80. The number of methoxy groups -OCH3 is 1. The van der Waals surface area contributed by atoms with Crippen molar-refractivity contribution in [2.75, 3.05) is 40.3 Å². The Morgan fingerprint density at radius 2 is 1.09 bits per heavy atom. The molecule has 0 spiro atoms. The summed E-state index contributed by atoms with van der Waals surface area (Å²) >= 11 is 0. The molecule has 20 heteroatoms. The van der Waals surface area contributed by atoms with Crippen molar-refractivity contribution in [2.24, 2.45) is 29.1 Å². The van der Waals surface area contributed by atoms with Crippen LogP contribution in [0.4, 0.5) is 65.9 Å². The highest BCUT2D eigenvalue weighted by molar-refractivity contribution is 5.42. The third-order valence-electron chi connectivity index (χ3n) is 11.8. The molecule has 0 heterocycles. The third-order valence-corrected chi connectivity index (χ3v) is 11.8. The maximum atomic E-state index is 14.1. The number of aliphatic hydroxyl groups excluding tert-OH is 2. The third kappa shape index (κ3) is 11.6. The van der Waals surface area contributed by atoms with Crippen LogP contribution in [0.5, 0.6) is 0 Å². The zero-order chi connectivity index (χ0) is 44.6. The molecule has 5 atom stereocenters. The van der Waals surface area contributed by atoms with Crippen LogP contribution in [0.3, 0.4) is 0 Å². The van der Waals surface area contributed by atoms with E-state index in [0.29, 0.717) is 17.9 Å². The van der Waals surface area contributed by atoms with E-state index in [1.54, 1.807) is 13.8 Å². The van der Waals surface area contributed by atoms with Crippen molar-refractivity contribution in [3.8, 4) is 0 Å². The molecule has 5 unspecified atom stereocenters. The van der Waals surface area contributed by atoms with Crippen LogP contribution in [0.25, 0.3) is 0 Å². The topological polar surface area (TPSA) is 68.2 Å². The molecule has 0 radical (unpaired) electrons. The second kappa shape index (κ2) is 20.0. The van der Waals surface area contributed by atoms with E-state index in [0.717, 1.165) is 18.9 Å². The van der Waals surface area contributed by atoms with Crippen molar-refractivity contribution in [1.82, 2.24) is 0 Å². The van der Waals surface area contributed by atoms with Gasteiger partial charge in [0, 0.05) is 25.9 Å². The van der Waals surface area contributed by atoms with Crippen molar-refractivity contribution in [1.29, 1.82) is 0 Å². The SMILES string of the molecule is CCC(C)(CC)C(F)(F)F.CCC(C)c1cc(C(C)(C(F)(F)F)C(F)(F)F)cc(C(OCOCCOC)(C(F)(F)F)C(F)(F)F)c1.OCC1C2CCC(C2)C1CO. The van der Waals surface area contributed by atoms with Crippen molar-refractivity contribution in [3.05, 3.63) is 34.9 Å². The largest absolute Gasteiger partial charge is 0.430 e. The Morgan fingerprint density at radius 1 is 0.649 bits per heavy atom. The van der Waals surface area contributed by atoms with Crippen LogP contribution in [-0.2, 0) is 25.2 Å². The number of aliphatic hydroxyl groups is 2. The van der Waals surface area contributed by atoms with Crippen molar-refractivity contribution in [3.63, 3.8) is 0 Å². The Morgan fingerprint density at radius 3 is 1.40 bits per heavy atom. The molecule has 2 N–H and O–H groups in total. The van der Waals surface area contributed by atoms with Gasteiger partial charge in [-0.3, -0.25) is 0 Å². The summed E-state index contributed by atoms with van der Waals surface area (Å²) in [5.74, 6) is 1.27. The van der Waals surface area contributed by atoms with Crippen LogP contribution in [0.15, 0.2) is 18.2 Å². The normalized spacial score (nSPS) is 21.5. The molecule has 0 saturated heterocycles. The summed E-state index contributed by atoms with van der Waals surface area (Å²) in [4.78, 5) is 0. The minimum atomic E-state index is -6.37. The number of alkyl halides is 15. The van der Waals surface area contributed by atoms with Gasteiger partial charge in [-0.15, -0.1) is 0 Å². The van der Waals surface area contributed by atoms with E-state index < -0.39 is 89.4 Å². The Kier molecular flexibility index (Phi) is 18.6. The van der Waals surface area contributed by atoms with Crippen molar-refractivity contribution >= 4 is 0 Å². The van der Waals surface area contributed by atoms with E-state index in [1.165, 1.54) is 40.0 Å². The van der Waals surface area contributed by atoms with E-state index in [1.807, 2.05) is 0 Å². The lowest BCUT2D eigenvalue weighted by molar-refractivity contribution is -0.401. The summed E-state index contributed by atoms with van der Waals surface area (Å²) < 4.78 is 216. The van der Waals surface area contributed by atoms with Gasteiger partial charge in [-0.2, -0.15) is 65.9 Å². The molecule has 5 nitrogen and oxygen atoms in total. The number of fused-ring (bicyclic) bond motifs is 2. The van der Waals surface area contributed by atoms with Gasteiger partial charge < -0.3 is 24.4 Å². The van der Waals surface area contributed by atoms with Crippen LogP contribution in [0, 0.1) is 29.1 Å². The average Bonchev–Trinajstić information content (AvgIpc) is 3.71. The fourth-order valence-electron chi connectivity index (χ4n) is 6.97. The molecule has 57 heavy (non-hydrogen) atoms. The van der Waals surface area contributed by atoms with Crippen LogP contribution in [0.2, 0.25) is 0 Å². The van der Waals surface area contributed by atoms with Gasteiger partial charge in [-0.1, -0.05) is 52.8 Å². The van der Waals surface area contributed by atoms with Gasteiger partial charge in [-0.05, 0) is 86.2 Å². The van der Waals surface area contributed by atoms with E-state index in [9.17, 15) is 65.9 Å². The molecule has 1 aromatic rings. The minimum absolute atomic E-state index is 0.0241. The van der Waals surface area contributed by atoms with Crippen LogP contribution < -0.4 is 0 Å². The van der Waals surface area contributed by atoms with E-state index >= 15 is 0 Å². The van der Waals surface area contributed by atoms with Crippen LogP contribution in [0.1, 0.15) is 103 Å². The number of hydrogen-bond acceptors (Lipinski definition) is 5. The summed E-state index contributed by atoms with van der Waals surface area (Å²) in [5, 5.41) is 18.2. The number of benzene rings is 1. The lowest BCUT2D eigenvalue weighted by Gasteiger charge is -2.39. The molecular formula is C37H53F15O5. The molecule has 0 aromatic heterocycles. The second-order valence-corrected chi connectivity index (χ2v) is 14.9. The van der Waals surface area contributed by atoms with Crippen LogP contribution in [-0.4, -0.2) is 81.4 Å². The molecule has 0 aliphatic heterocycles. The highest BCUT2D eigenvalue weighted by atomic mass is 19.4. The summed E-state index contributed by atoms with van der Waals surface area (Å²) in [5.41, 5.74) is -16.0. The Balaban J connectivity index is 0.000000617. The van der Waals surface area contributed by atoms with Gasteiger partial charge >= 0.3 is 30.9 Å². The zero-order valence-corrected chi connectivity index (χ0v) is 32.7. The molecule has 1 aromatic carbocycles. The molecule has 3 rings (SSSR count). The lowest BCUT2D eigenvalue weighted by atomic mass is 9.76. The van der Waals surface area contributed by atoms with Crippen LogP contribution >= 0.6 is 0 Å². The van der Waals surface area contributed by atoms with E-state index in [-0.39, 0.29) is 52.1 Å². The van der Waals surface area contributed by atoms with Gasteiger partial charge in [0.2, 0.25) is 0 Å². The number of halogens is 15. The monoisotopic (exact) mass is 862 g/mol. The lowest BCUT2D eigenvalue weighted by Crippen LogP contribution is -2.57. The van der Waals surface area contributed by atoms with Gasteiger partial charge in [0.05, 0.1) is 18.6 Å². The predicted octanol–water partition coefficient (Wildman–Crippen LogP) is 11.5. The van der Waals surface area contributed by atoms with Crippen molar-refractivity contribution < 1.29 is 90.3 Å². The molecule has 2 aliphatic rings. The summed E-state index contributed by atoms with van der Waals surface area (Å²) in [6, 6.07) is 0.148. The number of hydrogen-bond donors (Lipinski definition) is 2. The molecule has 2 saturated carbocycles. The molecule has 336 valence electrons. The Labute approximate surface area is 322 Å². The highest BCUT2D eigenvalue weighted by Gasteiger charge is 2.74. The molecular weight excluding hydrogens is 809 g/mol. The molecule has 2 aliphatic carbocycles. The summed E-state index contributed by atoms with van der Waals surface area (Å²) in [7, 11) is 1.15. The summed E-state index contributed by atoms with van der Waals surface area (Å²) in [6.07, 6.45) is -24.9. The molecule has 2 bridgehead atoms. The maximum Gasteiger partial charge on any atom is 0.430 e. The van der Waals surface area contributed by atoms with E-state index in [2.05, 4.69) is 14.2 Å². The molecule has 2 fully saturated rings. The quantitative estimate of drug-likeness (QED) is 0.111. The zero-order valence-electron chi connectivity index (χ0n) is 32.7. The number of ether oxygens (including phenoxy) is 3. The first-order chi connectivity index (χ1) is 25.8.